The molecule has 2 heterocycles. The number of rotatable bonds is 3. The molecule has 0 spiro atoms. The fourth-order valence-electron chi connectivity index (χ4n) is 1.84. The zero-order chi connectivity index (χ0) is 11.1. The Balaban J connectivity index is 2.03. The SMILES string of the molecule is O=C(O)Cc1ncn2nc(C3CC3)ccc12. The Hall–Kier alpha value is -1.91. The summed E-state index contributed by atoms with van der Waals surface area (Å²) >= 11 is 0. The van der Waals surface area contributed by atoms with E-state index in [-0.39, 0.29) is 6.42 Å². The lowest BCUT2D eigenvalue weighted by atomic mass is 10.2. The van der Waals surface area contributed by atoms with Crippen LogP contribution < -0.4 is 0 Å². The number of nitrogens with zero attached hydrogens (tertiary/aromatic N) is 3. The molecule has 1 aliphatic carbocycles. The zero-order valence-corrected chi connectivity index (χ0v) is 8.63. The molecule has 0 unspecified atom stereocenters. The number of carboxylic acid groups (broad SMARTS) is 1. The molecule has 2 aromatic heterocycles. The van der Waals surface area contributed by atoms with Crippen LogP contribution in [0.15, 0.2) is 18.5 Å². The summed E-state index contributed by atoms with van der Waals surface area (Å²) in [5, 5.41) is 13.2. The van der Waals surface area contributed by atoms with E-state index in [2.05, 4.69) is 10.1 Å². The van der Waals surface area contributed by atoms with Crippen LogP contribution in [0, 0.1) is 0 Å². The van der Waals surface area contributed by atoms with Crippen LogP contribution >= 0.6 is 0 Å². The predicted octanol–water partition coefficient (Wildman–Crippen LogP) is 1.23. The molecule has 5 nitrogen and oxygen atoms in total. The first-order valence-corrected chi connectivity index (χ1v) is 5.29. The highest BCUT2D eigenvalue weighted by molar-refractivity contribution is 5.73. The van der Waals surface area contributed by atoms with E-state index in [1.165, 1.54) is 12.8 Å². The molecule has 2 aromatic rings. The maximum absolute atomic E-state index is 10.6. The maximum atomic E-state index is 10.6. The van der Waals surface area contributed by atoms with Gasteiger partial charge in [0.15, 0.2) is 0 Å². The molecule has 0 atom stereocenters. The monoisotopic (exact) mass is 217 g/mol. The first-order valence-electron chi connectivity index (χ1n) is 5.29. The molecule has 0 aliphatic heterocycles. The highest BCUT2D eigenvalue weighted by Crippen LogP contribution is 2.38. The Morgan fingerprint density at radius 2 is 2.31 bits per heavy atom. The number of carbonyl (C=O) groups is 1. The van der Waals surface area contributed by atoms with Crippen LogP contribution in [0.2, 0.25) is 0 Å². The summed E-state index contributed by atoms with van der Waals surface area (Å²) < 4.78 is 1.67. The lowest BCUT2D eigenvalue weighted by Gasteiger charge is -1.99. The lowest BCUT2D eigenvalue weighted by molar-refractivity contribution is -0.136. The summed E-state index contributed by atoms with van der Waals surface area (Å²) in [6.45, 7) is 0. The van der Waals surface area contributed by atoms with Crippen LogP contribution in [0.3, 0.4) is 0 Å². The van der Waals surface area contributed by atoms with Gasteiger partial charge in [-0.1, -0.05) is 0 Å². The number of aliphatic carboxylic acids is 1. The summed E-state index contributed by atoms with van der Waals surface area (Å²) in [5.41, 5.74) is 2.43. The Bertz CT molecular complexity index is 557. The van der Waals surface area contributed by atoms with E-state index in [4.69, 9.17) is 5.11 Å². The van der Waals surface area contributed by atoms with E-state index in [1.807, 2.05) is 12.1 Å². The van der Waals surface area contributed by atoms with Crippen molar-refractivity contribution < 1.29 is 9.90 Å². The molecule has 1 aliphatic rings. The topological polar surface area (TPSA) is 67.5 Å². The summed E-state index contributed by atoms with van der Waals surface area (Å²) in [4.78, 5) is 14.7. The summed E-state index contributed by atoms with van der Waals surface area (Å²) in [6, 6.07) is 3.88. The number of hydrogen-bond donors (Lipinski definition) is 1. The van der Waals surface area contributed by atoms with Gasteiger partial charge in [0.2, 0.25) is 0 Å². The van der Waals surface area contributed by atoms with Crippen LogP contribution in [-0.4, -0.2) is 25.7 Å². The second kappa shape index (κ2) is 3.30. The Kier molecular flexibility index (Phi) is 1.92. The van der Waals surface area contributed by atoms with E-state index in [0.29, 0.717) is 11.6 Å². The summed E-state index contributed by atoms with van der Waals surface area (Å²) in [7, 11) is 0. The smallest absolute Gasteiger partial charge is 0.309 e. The average molecular weight is 217 g/mol. The van der Waals surface area contributed by atoms with Gasteiger partial charge in [-0.15, -0.1) is 0 Å². The van der Waals surface area contributed by atoms with Gasteiger partial charge in [-0.2, -0.15) is 5.10 Å². The van der Waals surface area contributed by atoms with Gasteiger partial charge in [-0.3, -0.25) is 4.79 Å². The van der Waals surface area contributed by atoms with E-state index in [1.54, 1.807) is 10.8 Å². The fraction of sp³-hybridized carbons (Fsp3) is 0.364. The van der Waals surface area contributed by atoms with Crippen molar-refractivity contribution in [3.63, 3.8) is 0 Å². The van der Waals surface area contributed by atoms with Crippen molar-refractivity contribution in [2.45, 2.75) is 25.2 Å². The maximum Gasteiger partial charge on any atom is 0.309 e. The van der Waals surface area contributed by atoms with E-state index in [9.17, 15) is 4.79 Å². The van der Waals surface area contributed by atoms with E-state index < -0.39 is 5.97 Å². The molecule has 0 amide bonds. The van der Waals surface area contributed by atoms with Gasteiger partial charge >= 0.3 is 5.97 Å². The Morgan fingerprint density at radius 1 is 1.50 bits per heavy atom. The van der Waals surface area contributed by atoms with Gasteiger partial charge in [0.25, 0.3) is 0 Å². The third-order valence-electron chi connectivity index (χ3n) is 2.81. The van der Waals surface area contributed by atoms with Crippen molar-refractivity contribution in [2.24, 2.45) is 0 Å². The third kappa shape index (κ3) is 1.54. The molecular formula is C11H11N3O2. The standard InChI is InChI=1S/C11H11N3O2/c15-11(16)5-9-10-4-3-8(7-1-2-7)13-14(10)6-12-9/h3-4,6-7H,1-2,5H2,(H,15,16). The number of aromatic nitrogens is 3. The van der Waals surface area contributed by atoms with Gasteiger partial charge in [0.05, 0.1) is 23.3 Å². The van der Waals surface area contributed by atoms with Crippen LogP contribution in [0.4, 0.5) is 0 Å². The van der Waals surface area contributed by atoms with Crippen molar-refractivity contribution in [2.75, 3.05) is 0 Å². The largest absolute Gasteiger partial charge is 0.481 e. The minimum Gasteiger partial charge on any atom is -0.481 e. The van der Waals surface area contributed by atoms with Crippen molar-refractivity contribution in [3.05, 3.63) is 29.8 Å². The molecule has 1 N–H and O–H groups in total. The lowest BCUT2D eigenvalue weighted by Crippen LogP contribution is -2.01. The Morgan fingerprint density at radius 3 is 3.00 bits per heavy atom. The normalized spacial score (nSPS) is 15.5. The van der Waals surface area contributed by atoms with Crippen molar-refractivity contribution in [1.29, 1.82) is 0 Å². The van der Waals surface area contributed by atoms with Crippen LogP contribution in [0.1, 0.15) is 30.1 Å². The molecule has 0 bridgehead atoms. The second-order valence-electron chi connectivity index (χ2n) is 4.12. The molecule has 5 heteroatoms. The minimum absolute atomic E-state index is 0.0546. The molecule has 82 valence electrons. The van der Waals surface area contributed by atoms with E-state index in [0.717, 1.165) is 11.2 Å². The fourth-order valence-corrected chi connectivity index (χ4v) is 1.84. The number of imidazole rings is 1. The molecule has 0 aromatic carbocycles. The minimum atomic E-state index is -0.869. The molecule has 3 rings (SSSR count). The van der Waals surface area contributed by atoms with Crippen molar-refractivity contribution in [1.82, 2.24) is 14.6 Å². The summed E-state index contributed by atoms with van der Waals surface area (Å²) in [6.07, 6.45) is 3.94. The molecular weight excluding hydrogens is 206 g/mol. The summed E-state index contributed by atoms with van der Waals surface area (Å²) in [5.74, 6) is -0.276. The molecule has 0 saturated heterocycles. The molecule has 1 saturated carbocycles. The Labute approximate surface area is 91.7 Å². The average Bonchev–Trinajstić information content (AvgIpc) is 3.02. The van der Waals surface area contributed by atoms with Gasteiger partial charge in [-0.25, -0.2) is 9.50 Å². The van der Waals surface area contributed by atoms with Gasteiger partial charge < -0.3 is 5.11 Å². The molecule has 1 fully saturated rings. The van der Waals surface area contributed by atoms with E-state index >= 15 is 0 Å². The molecule has 16 heavy (non-hydrogen) atoms. The quantitative estimate of drug-likeness (QED) is 0.839. The van der Waals surface area contributed by atoms with Crippen LogP contribution in [0.25, 0.3) is 5.52 Å². The zero-order valence-electron chi connectivity index (χ0n) is 8.63. The highest BCUT2D eigenvalue weighted by Gasteiger charge is 2.25. The number of carboxylic acids is 1. The second-order valence-corrected chi connectivity index (χ2v) is 4.12. The van der Waals surface area contributed by atoms with Gasteiger partial charge in [-0.05, 0) is 25.0 Å². The predicted molar refractivity (Wildman–Crippen MR) is 56.3 cm³/mol. The third-order valence-corrected chi connectivity index (χ3v) is 2.81. The first-order chi connectivity index (χ1) is 7.74. The van der Waals surface area contributed by atoms with Crippen LogP contribution in [-0.2, 0) is 11.2 Å². The molecule has 0 radical (unpaired) electrons. The first kappa shape index (κ1) is 9.33. The number of hydrogen-bond acceptors (Lipinski definition) is 3. The highest BCUT2D eigenvalue weighted by atomic mass is 16.4. The van der Waals surface area contributed by atoms with Gasteiger partial charge in [0.1, 0.15) is 6.33 Å². The van der Waals surface area contributed by atoms with Crippen molar-refractivity contribution in [3.8, 4) is 0 Å². The van der Waals surface area contributed by atoms with Crippen LogP contribution in [0.5, 0.6) is 0 Å². The van der Waals surface area contributed by atoms with Crippen molar-refractivity contribution >= 4 is 11.5 Å². The number of fused-ring (bicyclic) bond motifs is 1. The van der Waals surface area contributed by atoms with Gasteiger partial charge in [0, 0.05) is 5.92 Å².